The molecule has 2 unspecified atom stereocenters. The molecule has 0 aliphatic carbocycles. The van der Waals surface area contributed by atoms with Gasteiger partial charge in [-0.2, -0.15) is 0 Å². The second-order valence-corrected chi connectivity index (χ2v) is 17.2. The lowest BCUT2D eigenvalue weighted by Gasteiger charge is -2.16. The Balaban J connectivity index is 0.000000304. The average Bonchev–Trinajstić information content (AvgIpc) is 3.53. The van der Waals surface area contributed by atoms with Gasteiger partial charge >= 0.3 is 0 Å². The highest BCUT2D eigenvalue weighted by molar-refractivity contribution is 5.70. The van der Waals surface area contributed by atoms with Crippen LogP contribution >= 0.6 is 0 Å². The van der Waals surface area contributed by atoms with E-state index < -0.39 is 0 Å². The van der Waals surface area contributed by atoms with Gasteiger partial charge in [-0.15, -0.1) is 0 Å². The van der Waals surface area contributed by atoms with Gasteiger partial charge in [0.2, 0.25) is 0 Å². The van der Waals surface area contributed by atoms with E-state index in [1.807, 2.05) is 109 Å². The fourth-order valence-corrected chi connectivity index (χ4v) is 8.33. The number of benzene rings is 10. The first kappa shape index (κ1) is 64.6. The van der Waals surface area contributed by atoms with Gasteiger partial charge in [-0.05, 0) is 140 Å². The van der Waals surface area contributed by atoms with Crippen LogP contribution in [0.25, 0.3) is 55.6 Å². The van der Waals surface area contributed by atoms with Crippen LogP contribution < -0.4 is 0 Å². The summed E-state index contributed by atoms with van der Waals surface area (Å²) in [5.74, 6) is 1.71. The second kappa shape index (κ2) is 34.9. The van der Waals surface area contributed by atoms with E-state index >= 15 is 0 Å². The van der Waals surface area contributed by atoms with Crippen molar-refractivity contribution in [1.29, 1.82) is 0 Å². The zero-order valence-corrected chi connectivity index (χ0v) is 42.7. The van der Waals surface area contributed by atoms with Crippen molar-refractivity contribution in [3.8, 4) is 90.1 Å². The van der Waals surface area contributed by atoms with E-state index in [1.165, 1.54) is 22.3 Å². The summed E-state index contributed by atoms with van der Waals surface area (Å²) in [6.07, 6.45) is 0. The lowest BCUT2D eigenvalue weighted by molar-refractivity contribution is 0.108. The molecule has 10 aromatic rings. The van der Waals surface area contributed by atoms with Gasteiger partial charge in [0.15, 0.2) is 0 Å². The molecular formula is C64H54F10O6. The molecule has 2 atom stereocenters. The first-order chi connectivity index (χ1) is 39.0. The summed E-state index contributed by atoms with van der Waals surface area (Å²) in [6, 6.07) is 77.1. The normalized spacial score (nSPS) is 10.4. The Labute approximate surface area is 455 Å². The van der Waals surface area contributed by atoms with Gasteiger partial charge in [0.1, 0.15) is 34.5 Å². The predicted molar refractivity (Wildman–Crippen MR) is 295 cm³/mol. The summed E-state index contributed by atoms with van der Waals surface area (Å²) in [7, 11) is 0. The van der Waals surface area contributed by atoms with E-state index in [4.69, 9.17) is 56.0 Å². The number of hydrogen-bond acceptors (Lipinski definition) is 6. The van der Waals surface area contributed by atoms with Crippen molar-refractivity contribution < 1.29 is 76.4 Å². The smallest absolute Gasteiger partial charge is 0.119 e. The Morgan fingerprint density at radius 1 is 0.225 bits per heavy atom. The van der Waals surface area contributed by atoms with Crippen molar-refractivity contribution in [1.82, 2.24) is 0 Å². The van der Waals surface area contributed by atoms with Gasteiger partial charge in [0.05, 0.1) is 0 Å². The van der Waals surface area contributed by atoms with Crippen LogP contribution in [0.2, 0.25) is 0 Å². The van der Waals surface area contributed by atoms with Crippen LogP contribution in [0.4, 0.5) is 45.7 Å². The summed E-state index contributed by atoms with van der Waals surface area (Å²) in [6.45, 7) is 4.21. The van der Waals surface area contributed by atoms with Crippen LogP contribution in [-0.4, -0.2) is 30.6 Å². The van der Waals surface area contributed by atoms with Crippen LogP contribution in [0, 0.1) is 0 Å². The topological polar surface area (TPSA) is 121 Å². The Morgan fingerprint density at radius 2 is 0.412 bits per heavy atom. The van der Waals surface area contributed by atoms with Crippen LogP contribution in [0.5, 0.6) is 34.5 Å². The number of rotatable bonds is 9. The largest absolute Gasteiger partial charge is 0.508 e. The Morgan fingerprint density at radius 3 is 0.650 bits per heavy atom. The first-order valence-corrected chi connectivity index (χ1v) is 23.8. The van der Waals surface area contributed by atoms with Gasteiger partial charge in [0, 0.05) is 68.7 Å². The van der Waals surface area contributed by atoms with Crippen molar-refractivity contribution in [2.24, 2.45) is 0 Å². The number of halogens is 10. The zero-order chi connectivity index (χ0) is 59.0. The number of hydrogen-bond donors (Lipinski definition) is 6. The summed E-state index contributed by atoms with van der Waals surface area (Å²) >= 11 is 0. The quantitative estimate of drug-likeness (QED) is 0.0801. The summed E-state index contributed by atoms with van der Waals surface area (Å²) in [5, 5.41) is 58.1. The molecule has 0 aromatic heterocycles. The molecule has 80 heavy (non-hydrogen) atoms. The summed E-state index contributed by atoms with van der Waals surface area (Å²) in [5.41, 5.74) is 14.9. The van der Waals surface area contributed by atoms with E-state index in [9.17, 15) is 20.4 Å². The van der Waals surface area contributed by atoms with Crippen molar-refractivity contribution >= 4 is 0 Å². The lowest BCUT2D eigenvalue weighted by atomic mass is 9.89. The molecular weight excluding hydrogens is 1050 g/mol. The van der Waals surface area contributed by atoms with Gasteiger partial charge in [-0.1, -0.05) is 184 Å². The summed E-state index contributed by atoms with van der Waals surface area (Å²) < 4.78 is 80.0. The molecule has 0 bridgehead atoms. The Kier molecular flexibility index (Phi) is 28.1. The second-order valence-electron chi connectivity index (χ2n) is 17.2. The standard InChI is InChI=1S/2C26H22O2.C12H10O2.5F2/c2*1-18(19-7-9-21(10-8-19)20-5-3-2-4-6-20)25-17-23(13-16-26(25)28)22-11-14-24(27)15-12-22;13-11-5-1-9(2-6-11)10-3-7-12(14)8-4-10;5*1-2/h2*2-18,27-28H,1H3;1-8,13-14H;;;;;. The molecule has 0 fully saturated rings. The molecule has 6 nitrogen and oxygen atoms in total. The maximum Gasteiger partial charge on any atom is 0.119 e. The third kappa shape index (κ3) is 18.8. The van der Waals surface area contributed by atoms with E-state index in [-0.39, 0.29) is 34.8 Å². The predicted octanol–water partition coefficient (Wildman–Crippen LogP) is 20.1. The molecule has 0 radical (unpaired) electrons. The average molecular weight is 1110 g/mol. The zero-order valence-electron chi connectivity index (χ0n) is 42.7. The van der Waals surface area contributed by atoms with Crippen LogP contribution in [0.15, 0.2) is 243 Å². The van der Waals surface area contributed by atoms with Crippen molar-refractivity contribution in [2.75, 3.05) is 0 Å². The molecule has 0 aliphatic heterocycles. The number of aromatic hydroxyl groups is 6. The minimum atomic E-state index is 0.0573. The monoisotopic (exact) mass is 1110 g/mol. The van der Waals surface area contributed by atoms with Crippen molar-refractivity contribution in [3.63, 3.8) is 0 Å². The van der Waals surface area contributed by atoms with E-state index in [2.05, 4.69) is 86.6 Å². The van der Waals surface area contributed by atoms with Gasteiger partial charge in [-0.25, -0.2) is 0 Å². The van der Waals surface area contributed by atoms with E-state index in [0.29, 0.717) is 11.5 Å². The third-order valence-corrected chi connectivity index (χ3v) is 12.5. The number of phenolic OH excluding ortho intramolecular Hbond substituents is 6. The highest BCUT2D eigenvalue weighted by atomic mass is 20.0. The molecule has 0 aliphatic rings. The Bertz CT molecular complexity index is 3040. The molecule has 0 amide bonds. The molecule has 0 heterocycles. The third-order valence-electron chi connectivity index (χ3n) is 12.5. The van der Waals surface area contributed by atoms with Gasteiger partial charge in [-0.3, -0.25) is 0 Å². The molecule has 416 valence electrons. The SMILES string of the molecule is CC(c1ccc(-c2ccccc2)cc1)c1cc(-c2ccc(O)cc2)ccc1O.CC(c1ccc(-c2ccccc2)cc1)c1cc(-c2ccc(O)cc2)ccc1O.FF.FF.FF.FF.FF.Oc1ccc(-c2ccc(O)cc2)cc1. The van der Waals surface area contributed by atoms with Gasteiger partial charge in [0.25, 0.3) is 0 Å². The van der Waals surface area contributed by atoms with Crippen molar-refractivity contribution in [2.45, 2.75) is 25.7 Å². The highest BCUT2D eigenvalue weighted by Gasteiger charge is 2.16. The molecule has 0 spiro atoms. The first-order valence-electron chi connectivity index (χ1n) is 23.8. The van der Waals surface area contributed by atoms with Crippen LogP contribution in [0.1, 0.15) is 47.9 Å². The maximum atomic E-state index is 10.5. The van der Waals surface area contributed by atoms with Gasteiger partial charge < -0.3 is 30.6 Å². The molecule has 0 saturated carbocycles. The highest BCUT2D eigenvalue weighted by Crippen LogP contribution is 2.38. The molecule has 10 aromatic carbocycles. The Hall–Kier alpha value is -9.70. The molecule has 6 N–H and O–H groups in total. The fraction of sp³-hybridized carbons (Fsp3) is 0.0625. The molecule has 0 saturated heterocycles. The van der Waals surface area contributed by atoms with E-state index in [0.717, 1.165) is 55.6 Å². The molecule has 10 rings (SSSR count). The van der Waals surface area contributed by atoms with Crippen LogP contribution in [-0.2, 0) is 0 Å². The summed E-state index contributed by atoms with van der Waals surface area (Å²) in [4.78, 5) is 0. The minimum Gasteiger partial charge on any atom is -0.508 e. The van der Waals surface area contributed by atoms with E-state index in [1.54, 1.807) is 60.7 Å². The lowest BCUT2D eigenvalue weighted by Crippen LogP contribution is -1.97. The maximum absolute atomic E-state index is 10.5. The van der Waals surface area contributed by atoms with Crippen molar-refractivity contribution in [3.05, 3.63) is 265 Å². The van der Waals surface area contributed by atoms with Crippen LogP contribution in [0.3, 0.4) is 0 Å². The number of phenols is 6. The molecule has 16 heteroatoms. The fourth-order valence-electron chi connectivity index (χ4n) is 8.33. The minimum absolute atomic E-state index is 0.0573.